The second-order valence-corrected chi connectivity index (χ2v) is 18.6. The van der Waals surface area contributed by atoms with Crippen molar-refractivity contribution in [2.24, 2.45) is 0 Å². The van der Waals surface area contributed by atoms with E-state index >= 15 is 0 Å². The summed E-state index contributed by atoms with van der Waals surface area (Å²) in [4.78, 5) is 0. The minimum Gasteiger partial charge on any atom is -0.309 e. The maximum Gasteiger partial charge on any atom is 0.181 e. The molecule has 0 bridgehead atoms. The van der Waals surface area contributed by atoms with E-state index in [9.17, 15) is 0 Å². The van der Waals surface area contributed by atoms with E-state index in [1.165, 1.54) is 81.2 Å². The summed E-state index contributed by atoms with van der Waals surface area (Å²) in [6, 6.07) is 85.4. The van der Waals surface area contributed by atoms with E-state index < -0.39 is 8.07 Å². The van der Waals surface area contributed by atoms with Crippen LogP contribution in [-0.4, -0.2) is 17.2 Å². The fraction of sp³-hybridized carbons (Fsp3) is 0. The van der Waals surface area contributed by atoms with Crippen molar-refractivity contribution in [3.05, 3.63) is 231 Å². The molecule has 3 heteroatoms. The molecule has 0 aliphatic carbocycles. The van der Waals surface area contributed by atoms with Crippen LogP contribution < -0.4 is 20.7 Å². The number of nitrogens with zero attached hydrogens (tertiary/aromatic N) is 2. The average molecular weight is 743 g/mol. The normalized spacial score (nSPS) is 11.9. The molecule has 0 saturated carbocycles. The van der Waals surface area contributed by atoms with Crippen LogP contribution in [0.4, 0.5) is 0 Å². The van der Waals surface area contributed by atoms with Gasteiger partial charge in [0.1, 0.15) is 0 Å². The first-order valence-corrected chi connectivity index (χ1v) is 21.7. The number of benzene rings is 9. The smallest absolute Gasteiger partial charge is 0.181 e. The molecule has 0 spiro atoms. The van der Waals surface area contributed by atoms with Crippen LogP contribution in [0, 0.1) is 0 Å². The molecule has 0 saturated heterocycles. The molecule has 0 N–H and O–H groups in total. The zero-order valence-corrected chi connectivity index (χ0v) is 32.3. The van der Waals surface area contributed by atoms with Crippen molar-refractivity contribution in [3.63, 3.8) is 0 Å². The van der Waals surface area contributed by atoms with Crippen LogP contribution in [0.25, 0.3) is 66.1 Å². The van der Waals surface area contributed by atoms with Gasteiger partial charge < -0.3 is 9.13 Å². The highest BCUT2D eigenvalue weighted by Gasteiger charge is 2.43. The lowest BCUT2D eigenvalue weighted by atomic mass is 10.0. The third-order valence-corrected chi connectivity index (χ3v) is 16.7. The minimum atomic E-state index is -2.94. The first-order valence-electron chi connectivity index (χ1n) is 19.7. The number of para-hydroxylation sites is 3. The largest absolute Gasteiger partial charge is 0.309 e. The quantitative estimate of drug-likeness (QED) is 0.114. The summed E-state index contributed by atoms with van der Waals surface area (Å²) >= 11 is 0. The Morgan fingerprint density at radius 2 is 0.702 bits per heavy atom. The molecule has 0 aliphatic rings. The number of hydrogen-bond acceptors (Lipinski definition) is 0. The maximum absolute atomic E-state index is 2.94. The monoisotopic (exact) mass is 742 g/mol. The van der Waals surface area contributed by atoms with Gasteiger partial charge in [0, 0.05) is 32.9 Å². The molecule has 0 aliphatic heterocycles. The van der Waals surface area contributed by atoms with Crippen LogP contribution in [0.15, 0.2) is 231 Å². The van der Waals surface area contributed by atoms with Crippen LogP contribution >= 0.6 is 0 Å². The van der Waals surface area contributed by atoms with E-state index in [-0.39, 0.29) is 0 Å². The van der Waals surface area contributed by atoms with Crippen LogP contribution in [-0.2, 0) is 0 Å². The van der Waals surface area contributed by atoms with E-state index in [0.29, 0.717) is 0 Å². The van der Waals surface area contributed by atoms with Gasteiger partial charge in [-0.1, -0.05) is 188 Å². The Morgan fingerprint density at radius 3 is 1.23 bits per heavy atom. The van der Waals surface area contributed by atoms with Crippen molar-refractivity contribution in [3.8, 4) is 22.5 Å². The second kappa shape index (κ2) is 13.5. The average Bonchev–Trinajstić information content (AvgIpc) is 3.81. The molecule has 11 aromatic rings. The second-order valence-electron chi connectivity index (χ2n) is 14.9. The van der Waals surface area contributed by atoms with Gasteiger partial charge in [0.2, 0.25) is 0 Å². The van der Waals surface area contributed by atoms with E-state index in [1.54, 1.807) is 0 Å². The molecule has 57 heavy (non-hydrogen) atoms. The summed E-state index contributed by atoms with van der Waals surface area (Å²) in [5.74, 6) is 0. The molecule has 9 aromatic carbocycles. The van der Waals surface area contributed by atoms with Gasteiger partial charge >= 0.3 is 0 Å². The number of aromatic nitrogens is 2. The van der Waals surface area contributed by atoms with E-state index in [0.717, 1.165) is 5.69 Å². The molecule has 0 unspecified atom stereocenters. The van der Waals surface area contributed by atoms with Gasteiger partial charge in [-0.15, -0.1) is 0 Å². The summed E-state index contributed by atoms with van der Waals surface area (Å²) in [6.07, 6.45) is 0. The Labute approximate surface area is 333 Å². The van der Waals surface area contributed by atoms with Gasteiger partial charge in [0.05, 0.1) is 22.1 Å². The molecule has 0 amide bonds. The summed E-state index contributed by atoms with van der Waals surface area (Å²) in [6.45, 7) is 0. The van der Waals surface area contributed by atoms with Crippen molar-refractivity contribution in [2.75, 3.05) is 0 Å². The molecule has 2 aromatic heterocycles. The molecule has 0 fully saturated rings. The Bertz CT molecular complexity index is 3070. The molecule has 2 nitrogen and oxygen atoms in total. The minimum absolute atomic E-state index is 1.16. The van der Waals surface area contributed by atoms with Crippen molar-refractivity contribution in [1.29, 1.82) is 0 Å². The molecule has 0 radical (unpaired) electrons. The maximum atomic E-state index is 2.55. The van der Waals surface area contributed by atoms with Gasteiger partial charge in [-0.05, 0) is 74.3 Å². The Hall–Kier alpha value is -7.20. The lowest BCUT2D eigenvalue weighted by Crippen LogP contribution is -2.75. The van der Waals surface area contributed by atoms with E-state index in [4.69, 9.17) is 0 Å². The highest BCUT2D eigenvalue weighted by atomic mass is 28.3. The molecular weight excluding hydrogens is 705 g/mol. The highest BCUT2D eigenvalue weighted by molar-refractivity contribution is 7.20. The van der Waals surface area contributed by atoms with Crippen LogP contribution in [0.1, 0.15) is 0 Å². The summed E-state index contributed by atoms with van der Waals surface area (Å²) < 4.78 is 4.98. The Morgan fingerprint density at radius 1 is 0.281 bits per heavy atom. The van der Waals surface area contributed by atoms with Gasteiger partial charge in [-0.25, -0.2) is 0 Å². The van der Waals surface area contributed by atoms with Crippen molar-refractivity contribution in [2.45, 2.75) is 0 Å². The third kappa shape index (κ3) is 5.17. The van der Waals surface area contributed by atoms with Crippen LogP contribution in [0.3, 0.4) is 0 Å². The van der Waals surface area contributed by atoms with Crippen LogP contribution in [0.2, 0.25) is 0 Å². The standard InChI is InChI=1S/C54H38N2Si/c1-5-19-39(20-6-1)40-33-36-54(57(42-21-7-2-8-22-42,43-23-9-3-10-24-43)44-25-11-4-12-26-44)53(37-40)56-51-32-18-15-29-47(51)48-38-41(34-35-52(48)56)55-49-30-16-13-27-45(49)46-28-14-17-31-50(46)55/h1-38H. The van der Waals surface area contributed by atoms with Gasteiger partial charge in [-0.3, -0.25) is 0 Å². The van der Waals surface area contributed by atoms with Crippen molar-refractivity contribution < 1.29 is 0 Å². The first kappa shape index (κ1) is 33.2. The Balaban J connectivity index is 1.27. The lowest BCUT2D eigenvalue weighted by Gasteiger charge is -2.36. The Kier molecular flexibility index (Phi) is 7.87. The number of rotatable bonds is 7. The SMILES string of the molecule is c1ccc(-c2ccc([Si](c3ccccc3)(c3ccccc3)c3ccccc3)c(-n3c4ccccc4c4cc(-n5c6ccccc6c6ccccc65)ccc43)c2)cc1. The summed E-state index contributed by atoms with van der Waals surface area (Å²) in [5.41, 5.74) is 9.55. The fourth-order valence-electron chi connectivity index (χ4n) is 9.44. The highest BCUT2D eigenvalue weighted by Crippen LogP contribution is 2.37. The van der Waals surface area contributed by atoms with Gasteiger partial charge in [0.15, 0.2) is 8.07 Å². The van der Waals surface area contributed by atoms with E-state index in [1.807, 2.05) is 0 Å². The summed E-state index contributed by atoms with van der Waals surface area (Å²) in [5, 5.41) is 10.4. The van der Waals surface area contributed by atoms with Crippen molar-refractivity contribution in [1.82, 2.24) is 9.13 Å². The molecule has 2 heterocycles. The zero-order valence-electron chi connectivity index (χ0n) is 31.3. The van der Waals surface area contributed by atoms with E-state index in [2.05, 4.69) is 240 Å². The summed E-state index contributed by atoms with van der Waals surface area (Å²) in [7, 11) is -2.94. The topological polar surface area (TPSA) is 9.86 Å². The molecule has 11 rings (SSSR count). The molecule has 268 valence electrons. The lowest BCUT2D eigenvalue weighted by molar-refractivity contribution is 1.17. The number of fused-ring (bicyclic) bond motifs is 6. The van der Waals surface area contributed by atoms with Gasteiger partial charge in [-0.2, -0.15) is 0 Å². The third-order valence-electron chi connectivity index (χ3n) is 11.9. The zero-order chi connectivity index (χ0) is 37.8. The number of hydrogen-bond donors (Lipinski definition) is 0. The molecular formula is C54H38N2Si. The van der Waals surface area contributed by atoms with Crippen LogP contribution in [0.5, 0.6) is 0 Å². The van der Waals surface area contributed by atoms with Gasteiger partial charge in [0.25, 0.3) is 0 Å². The van der Waals surface area contributed by atoms with Crippen molar-refractivity contribution >= 4 is 72.4 Å². The predicted molar refractivity (Wildman–Crippen MR) is 244 cm³/mol. The fourth-order valence-corrected chi connectivity index (χ4v) is 14.3. The molecule has 0 atom stereocenters. The first-order chi connectivity index (χ1) is 28.3. The predicted octanol–water partition coefficient (Wildman–Crippen LogP) is 10.9.